The summed E-state index contributed by atoms with van der Waals surface area (Å²) in [5, 5.41) is 25.0. The summed E-state index contributed by atoms with van der Waals surface area (Å²) in [5.74, 6) is 0.00661. The van der Waals surface area contributed by atoms with Crippen LogP contribution < -0.4 is 49.2 Å². The monoisotopic (exact) mass is 1800 g/mol. The molecule has 0 radical (unpaired) electrons. The number of amides is 5. The number of carbonyl (C=O) groups is 6. The van der Waals surface area contributed by atoms with Gasteiger partial charge in [0.15, 0.2) is 25.7 Å². The number of nitrogens with two attached hydrogens (primary N) is 3. The lowest BCUT2D eigenvalue weighted by atomic mass is 9.79. The Morgan fingerprint density at radius 1 is 0.455 bits per heavy atom. The van der Waals surface area contributed by atoms with Gasteiger partial charge in [-0.1, -0.05) is 114 Å². The van der Waals surface area contributed by atoms with E-state index in [1.165, 1.54) is 84.4 Å². The van der Waals surface area contributed by atoms with Crippen molar-refractivity contribution in [2.45, 2.75) is 133 Å². The maximum absolute atomic E-state index is 12.1. The molecule has 2 saturated carbocycles. The predicted octanol–water partition coefficient (Wildman–Crippen LogP) is 19.0. The van der Waals surface area contributed by atoms with Gasteiger partial charge >= 0.3 is 13.1 Å². The number of halogens is 3. The molecule has 1 saturated heterocycles. The number of hydrogen-bond acceptors (Lipinski definition) is 24. The molecule has 0 spiro atoms. The number of carboxylic acid groups (broad SMARTS) is 1. The number of thiazole rings is 5. The highest BCUT2D eigenvalue weighted by molar-refractivity contribution is 9.11. The van der Waals surface area contributed by atoms with E-state index in [0.29, 0.717) is 56.0 Å². The van der Waals surface area contributed by atoms with E-state index in [1.54, 1.807) is 6.20 Å². The Hall–Kier alpha value is -9.36. The molecule has 12 N–H and O–H groups in total. The lowest BCUT2D eigenvalue weighted by Crippen LogP contribution is -2.41. The first-order valence-corrected chi connectivity index (χ1v) is 41.2. The summed E-state index contributed by atoms with van der Waals surface area (Å²) in [6, 6.07) is 35.2. The second-order valence-electron chi connectivity index (χ2n) is 27.1. The molecule has 16 rings (SSSR count). The van der Waals surface area contributed by atoms with Crippen LogP contribution in [0, 0.1) is 32.6 Å². The van der Waals surface area contributed by atoms with Gasteiger partial charge in [0, 0.05) is 83.7 Å². The minimum absolute atomic E-state index is 0. The SMILES string of the molecule is C.CC(=O)Nc1nc2ccc(-c3cnc(C)c(N)c3)cc2s1.CC(=O)Nc1nc2ccc(-c3cnc(C)c(NC(=O)CC4CC4)c3)cc2s1.CC(=O)Nc1nc2ccc(B3OC(C)(C)C(C)(C)O3)cc2s1.CC(=O)Nc1nc2ccc(Br)cc2s1.Cc1ncc(Br)cc1N.Nc1nc2ccc(Br)cc2s1.O=C(O)CC1CC1. The third-order valence-electron chi connectivity index (χ3n) is 17.1. The van der Waals surface area contributed by atoms with Crippen LogP contribution in [0.4, 0.5) is 42.7 Å². The van der Waals surface area contributed by atoms with Crippen molar-refractivity contribution in [1.82, 2.24) is 39.9 Å². The molecule has 8 aromatic heterocycles. The number of nitrogens with zero attached hydrogens (tertiary/aromatic N) is 8. The second-order valence-corrected chi connectivity index (χ2v) is 35.0. The number of carboxylic acids is 1. The fraction of sp³-hybridized carbons (Fsp3) is 0.282. The maximum Gasteiger partial charge on any atom is 0.494 e. The van der Waals surface area contributed by atoms with Gasteiger partial charge in [-0.15, -0.1) is 0 Å². The number of aryl methyl sites for hydroxylation is 3. The topological polar surface area (TPSA) is 382 Å². The average Bonchev–Trinajstić information content (AvgIpc) is 1.61. The number of fused-ring (bicyclic) bond motifs is 5. The van der Waals surface area contributed by atoms with Crippen molar-refractivity contribution in [2.24, 2.45) is 11.8 Å². The summed E-state index contributed by atoms with van der Waals surface area (Å²) >= 11 is 17.3. The third-order valence-corrected chi connectivity index (χ3v) is 23.1. The van der Waals surface area contributed by atoms with Crippen molar-refractivity contribution in [3.63, 3.8) is 0 Å². The van der Waals surface area contributed by atoms with E-state index in [1.807, 2.05) is 170 Å². The van der Waals surface area contributed by atoms with Gasteiger partial charge in [0.1, 0.15) is 0 Å². The molecule has 3 aliphatic rings. The van der Waals surface area contributed by atoms with Gasteiger partial charge < -0.3 is 58.2 Å². The van der Waals surface area contributed by atoms with E-state index in [2.05, 4.69) is 114 Å². The van der Waals surface area contributed by atoms with E-state index >= 15 is 0 Å². The Morgan fingerprint density at radius 2 is 0.830 bits per heavy atom. The minimum Gasteiger partial charge on any atom is -0.481 e. The number of nitrogens with one attached hydrogen (secondary N) is 5. The Bertz CT molecular complexity index is 5600. The van der Waals surface area contributed by atoms with Crippen LogP contribution in [-0.2, 0) is 38.1 Å². The average molecular weight is 1800 g/mol. The van der Waals surface area contributed by atoms with E-state index in [4.69, 9.17) is 31.6 Å². The van der Waals surface area contributed by atoms with E-state index in [9.17, 15) is 28.8 Å². The molecule has 5 amide bonds. The van der Waals surface area contributed by atoms with Gasteiger partial charge in [0.25, 0.3) is 0 Å². The Morgan fingerprint density at radius 3 is 1.24 bits per heavy atom. The Kier molecular flexibility index (Phi) is 29.7. The smallest absolute Gasteiger partial charge is 0.481 e. The number of pyridine rings is 3. The molecule has 0 unspecified atom stereocenters. The summed E-state index contributed by atoms with van der Waals surface area (Å²) in [6.07, 6.45) is 10.9. The highest BCUT2D eigenvalue weighted by Crippen LogP contribution is 2.39. The summed E-state index contributed by atoms with van der Waals surface area (Å²) in [4.78, 5) is 101. The highest BCUT2D eigenvalue weighted by atomic mass is 79.9. The molecule has 112 heavy (non-hydrogen) atoms. The molecule has 584 valence electrons. The van der Waals surface area contributed by atoms with Crippen LogP contribution in [0.15, 0.2) is 141 Å². The molecule has 0 atom stereocenters. The largest absolute Gasteiger partial charge is 0.494 e. The van der Waals surface area contributed by atoms with Gasteiger partial charge in [-0.05, 0) is 210 Å². The van der Waals surface area contributed by atoms with Gasteiger partial charge in [-0.3, -0.25) is 43.7 Å². The summed E-state index contributed by atoms with van der Waals surface area (Å²) < 4.78 is 20.3. The predicted molar refractivity (Wildman–Crippen MR) is 470 cm³/mol. The van der Waals surface area contributed by atoms with Crippen LogP contribution in [0.25, 0.3) is 73.3 Å². The third kappa shape index (κ3) is 25.1. The number of nitrogen functional groups attached to an aromatic ring is 3. The van der Waals surface area contributed by atoms with Crippen LogP contribution in [0.3, 0.4) is 0 Å². The maximum atomic E-state index is 12.1. The van der Waals surface area contributed by atoms with E-state index in [-0.39, 0.29) is 55.3 Å². The van der Waals surface area contributed by atoms with Gasteiger partial charge in [0.05, 0.1) is 96.4 Å². The van der Waals surface area contributed by atoms with Crippen LogP contribution in [0.2, 0.25) is 0 Å². The fourth-order valence-electron chi connectivity index (χ4n) is 10.3. The summed E-state index contributed by atoms with van der Waals surface area (Å²) in [6.45, 7) is 19.7. The van der Waals surface area contributed by atoms with Crippen molar-refractivity contribution < 1.29 is 43.2 Å². The van der Waals surface area contributed by atoms with E-state index < -0.39 is 5.97 Å². The first kappa shape index (κ1) is 86.6. The first-order valence-electron chi connectivity index (χ1n) is 34.7. The van der Waals surface area contributed by atoms with Crippen molar-refractivity contribution in [1.29, 1.82) is 0 Å². The van der Waals surface area contributed by atoms with Gasteiger partial charge in [-0.25, -0.2) is 24.9 Å². The zero-order chi connectivity index (χ0) is 80.2. The molecular weight excluding hydrogens is 1720 g/mol. The molecule has 1 aliphatic heterocycles. The number of rotatable bonds is 12. The number of anilines is 8. The number of aliphatic carboxylic acids is 1. The van der Waals surface area contributed by atoms with Crippen molar-refractivity contribution in [2.75, 3.05) is 43.8 Å². The molecule has 9 heterocycles. The van der Waals surface area contributed by atoms with Gasteiger partial charge in [-0.2, -0.15) is 0 Å². The lowest BCUT2D eigenvalue weighted by Gasteiger charge is -2.32. The zero-order valence-corrected chi connectivity index (χ0v) is 71.1. The number of carbonyl (C=O) groups excluding carboxylic acids is 5. The number of aromatic nitrogens is 8. The highest BCUT2D eigenvalue weighted by Gasteiger charge is 2.51. The Balaban J connectivity index is 0.000000156. The van der Waals surface area contributed by atoms with Crippen molar-refractivity contribution >= 4 is 246 Å². The second kappa shape index (κ2) is 38.4. The van der Waals surface area contributed by atoms with Crippen molar-refractivity contribution in [3.8, 4) is 22.3 Å². The molecule has 5 aromatic carbocycles. The molecule has 3 fully saturated rings. The lowest BCUT2D eigenvalue weighted by molar-refractivity contribution is -0.137. The molecule has 25 nitrogen and oxygen atoms in total. The van der Waals surface area contributed by atoms with Crippen LogP contribution in [-0.4, -0.2) is 98.8 Å². The Labute approximate surface area is 693 Å². The fourth-order valence-corrected chi connectivity index (χ4v) is 16.3. The standard InChI is InChI=1S/C20H20N4O2S.C15H19BN2O3S.C15H14N4OS.C9H7BrN2OS.C7H5BrN2S.C6H7BrN2.C5H8O2.CH4/c1-11-17(23-19(26)7-13-3-4-13)8-15(10-21-11)14-5-6-16-18(9-14)27-20(24-16)22-12(2)25;1-9(19)17-13-18-11-7-6-10(8-12(11)22-13)16-20-14(2,3)15(4,5)21-16;1-8-12(16)5-11(7-17-8)10-3-4-13-14(6-10)21-15(19-13)18-9(2)20;1-5(13)11-9-12-7-3-2-6(10)4-8(7)14-9;8-4-1-2-5-6(3-4)11-7(9)10-5;1-4-6(8)2-5(7)3-9-4;6-5(7)3-4-1-2-4;/h5-6,8-10,13H,3-4,7H2,1-2H3,(H,23,26)(H,22,24,25);6-8H,1-5H3,(H,17,18,19);3-7H,16H2,1-2H3,(H,18,19,20);2-4H,1H3,(H,11,12,13);1-3H,(H2,9,10);2-3H,8H2,1H3;4H,1-3H2,(H,6,7);1H4. The normalized spacial score (nSPS) is 13.5. The molecule has 0 bridgehead atoms. The van der Waals surface area contributed by atoms with Crippen LogP contribution >= 0.6 is 104 Å². The number of benzene rings is 5. The molecular formula is C78H84BBr3N16O9S5. The zero-order valence-electron chi connectivity index (χ0n) is 62.3. The molecule has 2 aliphatic carbocycles. The van der Waals surface area contributed by atoms with Crippen molar-refractivity contribution in [3.05, 3.63) is 158 Å². The minimum atomic E-state index is -0.650. The first-order chi connectivity index (χ1) is 52.6. The molecule has 13 aromatic rings. The summed E-state index contributed by atoms with van der Waals surface area (Å²) in [7, 11) is -0.388. The molecule has 34 heteroatoms. The van der Waals surface area contributed by atoms with Crippen LogP contribution in [0.1, 0.15) is 118 Å². The van der Waals surface area contributed by atoms with E-state index in [0.717, 1.165) is 146 Å². The summed E-state index contributed by atoms with van der Waals surface area (Å²) in [5.41, 5.74) is 30.2. The number of hydrogen-bond donors (Lipinski definition) is 9. The quantitative estimate of drug-likeness (QED) is 0.0513. The van der Waals surface area contributed by atoms with Gasteiger partial charge in [0.2, 0.25) is 29.5 Å². The van der Waals surface area contributed by atoms with Crippen LogP contribution in [0.5, 0.6) is 0 Å².